The van der Waals surface area contributed by atoms with Crippen LogP contribution in [0.2, 0.25) is 0 Å². The van der Waals surface area contributed by atoms with Gasteiger partial charge >= 0.3 is 6.61 Å². The van der Waals surface area contributed by atoms with E-state index >= 15 is 0 Å². The maximum absolute atomic E-state index is 12.4. The highest BCUT2D eigenvalue weighted by molar-refractivity contribution is 5.35. The SMILES string of the molecule is CCCC(CCC)NC(C)c1ccccc1OC(F)F. The van der Waals surface area contributed by atoms with Crippen molar-refractivity contribution in [2.75, 3.05) is 0 Å². The van der Waals surface area contributed by atoms with Crippen LogP contribution in [0.15, 0.2) is 24.3 Å². The molecular weight excluding hydrogens is 260 g/mol. The summed E-state index contributed by atoms with van der Waals surface area (Å²) in [5.41, 5.74) is 0.782. The number of ether oxygens (including phenoxy) is 1. The van der Waals surface area contributed by atoms with Crippen LogP contribution in [-0.4, -0.2) is 12.7 Å². The van der Waals surface area contributed by atoms with Gasteiger partial charge < -0.3 is 10.1 Å². The van der Waals surface area contributed by atoms with Gasteiger partial charge in [0.15, 0.2) is 0 Å². The van der Waals surface area contributed by atoms with E-state index < -0.39 is 6.61 Å². The zero-order valence-corrected chi connectivity index (χ0v) is 12.5. The Bertz CT molecular complexity index is 378. The number of benzene rings is 1. The van der Waals surface area contributed by atoms with Crippen LogP contribution in [-0.2, 0) is 0 Å². The highest BCUT2D eigenvalue weighted by Crippen LogP contribution is 2.27. The second-order valence-corrected chi connectivity index (χ2v) is 5.08. The van der Waals surface area contributed by atoms with Gasteiger partial charge in [0.05, 0.1) is 0 Å². The molecule has 0 spiro atoms. The average Bonchev–Trinajstić information content (AvgIpc) is 2.39. The summed E-state index contributed by atoms with van der Waals surface area (Å²) < 4.78 is 29.4. The summed E-state index contributed by atoms with van der Waals surface area (Å²) in [5, 5.41) is 3.52. The molecule has 0 saturated heterocycles. The van der Waals surface area contributed by atoms with Gasteiger partial charge in [-0.25, -0.2) is 0 Å². The van der Waals surface area contributed by atoms with E-state index in [4.69, 9.17) is 0 Å². The Morgan fingerprint density at radius 3 is 2.25 bits per heavy atom. The molecule has 0 radical (unpaired) electrons. The lowest BCUT2D eigenvalue weighted by atomic mass is 10.0. The highest BCUT2D eigenvalue weighted by Gasteiger charge is 2.17. The lowest BCUT2D eigenvalue weighted by Crippen LogP contribution is -2.31. The summed E-state index contributed by atoms with van der Waals surface area (Å²) in [6, 6.07) is 7.40. The van der Waals surface area contributed by atoms with E-state index in [9.17, 15) is 8.78 Å². The molecule has 20 heavy (non-hydrogen) atoms. The molecule has 1 aromatic carbocycles. The molecule has 0 bridgehead atoms. The van der Waals surface area contributed by atoms with Crippen molar-refractivity contribution in [3.05, 3.63) is 29.8 Å². The van der Waals surface area contributed by atoms with Crippen molar-refractivity contribution in [3.8, 4) is 5.75 Å². The van der Waals surface area contributed by atoms with E-state index in [2.05, 4.69) is 23.9 Å². The number of rotatable bonds is 9. The van der Waals surface area contributed by atoms with Crippen LogP contribution >= 0.6 is 0 Å². The van der Waals surface area contributed by atoms with Gasteiger partial charge in [-0.15, -0.1) is 0 Å². The molecule has 0 amide bonds. The van der Waals surface area contributed by atoms with Crippen molar-refractivity contribution in [2.24, 2.45) is 0 Å². The van der Waals surface area contributed by atoms with Gasteiger partial charge in [-0.3, -0.25) is 0 Å². The highest BCUT2D eigenvalue weighted by atomic mass is 19.3. The Hall–Kier alpha value is -1.16. The fraction of sp³-hybridized carbons (Fsp3) is 0.625. The van der Waals surface area contributed by atoms with E-state index in [0.717, 1.165) is 31.2 Å². The Balaban J connectivity index is 2.77. The van der Waals surface area contributed by atoms with Crippen molar-refractivity contribution in [1.82, 2.24) is 5.32 Å². The minimum atomic E-state index is -2.79. The second-order valence-electron chi connectivity index (χ2n) is 5.08. The minimum Gasteiger partial charge on any atom is -0.434 e. The quantitative estimate of drug-likeness (QED) is 0.696. The van der Waals surface area contributed by atoms with Crippen molar-refractivity contribution >= 4 is 0 Å². The summed E-state index contributed by atoms with van der Waals surface area (Å²) >= 11 is 0. The summed E-state index contributed by atoms with van der Waals surface area (Å²) in [6.07, 6.45) is 4.41. The van der Waals surface area contributed by atoms with Gasteiger partial charge in [0.2, 0.25) is 0 Å². The molecule has 0 aromatic heterocycles. The molecule has 0 saturated carbocycles. The smallest absolute Gasteiger partial charge is 0.387 e. The lowest BCUT2D eigenvalue weighted by Gasteiger charge is -2.24. The van der Waals surface area contributed by atoms with E-state index in [-0.39, 0.29) is 11.8 Å². The van der Waals surface area contributed by atoms with E-state index in [1.54, 1.807) is 12.1 Å². The molecule has 114 valence electrons. The third-order valence-electron chi connectivity index (χ3n) is 3.36. The number of alkyl halides is 2. The zero-order valence-electron chi connectivity index (χ0n) is 12.5. The minimum absolute atomic E-state index is 0.00644. The third kappa shape index (κ3) is 5.45. The Labute approximate surface area is 120 Å². The zero-order chi connectivity index (χ0) is 15.0. The van der Waals surface area contributed by atoms with Crippen LogP contribution in [0.3, 0.4) is 0 Å². The molecule has 4 heteroatoms. The van der Waals surface area contributed by atoms with Crippen LogP contribution in [0.1, 0.15) is 58.1 Å². The first-order valence-electron chi connectivity index (χ1n) is 7.38. The number of para-hydroxylation sites is 1. The number of halogens is 2. The fourth-order valence-electron chi connectivity index (χ4n) is 2.49. The normalized spacial score (nSPS) is 12.9. The molecule has 0 aliphatic rings. The van der Waals surface area contributed by atoms with Crippen molar-refractivity contribution in [3.63, 3.8) is 0 Å². The summed E-state index contributed by atoms with van der Waals surface area (Å²) in [5.74, 6) is 0.259. The van der Waals surface area contributed by atoms with Crippen LogP contribution in [0.25, 0.3) is 0 Å². The van der Waals surface area contributed by atoms with Crippen molar-refractivity contribution in [2.45, 2.75) is 65.1 Å². The fourth-order valence-corrected chi connectivity index (χ4v) is 2.49. The first-order chi connectivity index (χ1) is 9.58. The van der Waals surface area contributed by atoms with Crippen LogP contribution in [0.5, 0.6) is 5.75 Å². The van der Waals surface area contributed by atoms with E-state index in [1.807, 2.05) is 19.1 Å². The van der Waals surface area contributed by atoms with Crippen LogP contribution in [0.4, 0.5) is 8.78 Å². The Morgan fingerprint density at radius 1 is 1.10 bits per heavy atom. The van der Waals surface area contributed by atoms with Crippen LogP contribution < -0.4 is 10.1 Å². The van der Waals surface area contributed by atoms with Crippen molar-refractivity contribution in [1.29, 1.82) is 0 Å². The maximum atomic E-state index is 12.4. The standard InChI is InChI=1S/C16H25F2NO/c1-4-8-13(9-5-2)19-12(3)14-10-6-7-11-15(14)20-16(17)18/h6-7,10-13,16,19H,4-5,8-9H2,1-3H3. The topological polar surface area (TPSA) is 21.3 Å². The number of hydrogen-bond acceptors (Lipinski definition) is 2. The molecule has 1 aromatic rings. The third-order valence-corrected chi connectivity index (χ3v) is 3.36. The number of hydrogen-bond donors (Lipinski definition) is 1. The van der Waals surface area contributed by atoms with Gasteiger partial charge in [0, 0.05) is 17.6 Å². The second kappa shape index (κ2) is 8.90. The number of nitrogens with one attached hydrogen (secondary N) is 1. The first-order valence-corrected chi connectivity index (χ1v) is 7.38. The van der Waals surface area contributed by atoms with Gasteiger partial charge in [-0.05, 0) is 25.8 Å². The van der Waals surface area contributed by atoms with Crippen molar-refractivity contribution < 1.29 is 13.5 Å². The molecule has 0 aliphatic carbocycles. The van der Waals surface area contributed by atoms with E-state index in [0.29, 0.717) is 6.04 Å². The van der Waals surface area contributed by atoms with Gasteiger partial charge in [0.1, 0.15) is 5.75 Å². The monoisotopic (exact) mass is 285 g/mol. The van der Waals surface area contributed by atoms with Gasteiger partial charge in [0.25, 0.3) is 0 Å². The maximum Gasteiger partial charge on any atom is 0.387 e. The molecule has 1 rings (SSSR count). The largest absolute Gasteiger partial charge is 0.434 e. The molecule has 1 N–H and O–H groups in total. The average molecular weight is 285 g/mol. The molecule has 1 atom stereocenters. The lowest BCUT2D eigenvalue weighted by molar-refractivity contribution is -0.0506. The molecule has 0 fully saturated rings. The Morgan fingerprint density at radius 2 is 1.70 bits per heavy atom. The molecule has 1 unspecified atom stereocenters. The molecule has 2 nitrogen and oxygen atoms in total. The van der Waals surface area contributed by atoms with Crippen LogP contribution in [0, 0.1) is 0 Å². The molecular formula is C16H25F2NO. The summed E-state index contributed by atoms with van der Waals surface area (Å²) in [7, 11) is 0. The summed E-state index contributed by atoms with van der Waals surface area (Å²) in [6.45, 7) is 3.52. The summed E-state index contributed by atoms with van der Waals surface area (Å²) in [4.78, 5) is 0. The molecule has 0 heterocycles. The predicted molar refractivity (Wildman–Crippen MR) is 78.2 cm³/mol. The van der Waals surface area contributed by atoms with Gasteiger partial charge in [-0.2, -0.15) is 8.78 Å². The molecule has 0 aliphatic heterocycles. The van der Waals surface area contributed by atoms with Gasteiger partial charge in [-0.1, -0.05) is 44.9 Å². The Kier molecular flexibility index (Phi) is 7.52. The first kappa shape index (κ1) is 16.9. The van der Waals surface area contributed by atoms with E-state index in [1.165, 1.54) is 0 Å². The predicted octanol–water partition coefficient (Wildman–Crippen LogP) is 4.91.